The Labute approximate surface area is 122 Å². The minimum Gasteiger partial charge on any atom is -0.455 e. The topological polar surface area (TPSA) is 39.2 Å². The highest BCUT2D eigenvalue weighted by atomic mass is 16.5. The second kappa shape index (κ2) is 6.01. The van der Waals surface area contributed by atoms with Gasteiger partial charge in [0.25, 0.3) is 0 Å². The van der Waals surface area contributed by atoms with Crippen LogP contribution in [0.3, 0.4) is 0 Å². The molecule has 3 heteroatoms. The van der Waals surface area contributed by atoms with E-state index in [2.05, 4.69) is 4.98 Å². The van der Waals surface area contributed by atoms with Crippen molar-refractivity contribution in [2.45, 2.75) is 0 Å². The summed E-state index contributed by atoms with van der Waals surface area (Å²) in [6.45, 7) is 0. The van der Waals surface area contributed by atoms with Crippen molar-refractivity contribution in [3.63, 3.8) is 0 Å². The van der Waals surface area contributed by atoms with Crippen molar-refractivity contribution in [2.75, 3.05) is 0 Å². The fraction of sp³-hybridized carbons (Fsp3) is 0. The Balaban J connectivity index is 1.97. The molecule has 0 N–H and O–H groups in total. The SMILES string of the molecule is O=Cc1ccc(-c2ccncc2Oc2ccccc2)cc1. The van der Waals surface area contributed by atoms with E-state index in [1.165, 1.54) is 0 Å². The van der Waals surface area contributed by atoms with E-state index in [1.807, 2.05) is 48.5 Å². The van der Waals surface area contributed by atoms with E-state index in [4.69, 9.17) is 4.74 Å². The first kappa shape index (κ1) is 13.1. The lowest BCUT2D eigenvalue weighted by molar-refractivity contribution is 0.112. The molecule has 0 saturated heterocycles. The van der Waals surface area contributed by atoms with Crippen molar-refractivity contribution in [2.24, 2.45) is 0 Å². The van der Waals surface area contributed by atoms with E-state index in [0.29, 0.717) is 11.3 Å². The third kappa shape index (κ3) is 2.98. The summed E-state index contributed by atoms with van der Waals surface area (Å²) in [7, 11) is 0. The average molecular weight is 275 g/mol. The Morgan fingerprint density at radius 2 is 1.67 bits per heavy atom. The maximum absolute atomic E-state index is 10.7. The first-order chi connectivity index (χ1) is 10.4. The molecule has 0 atom stereocenters. The molecule has 0 aliphatic carbocycles. The van der Waals surface area contributed by atoms with Crippen molar-refractivity contribution in [3.8, 4) is 22.6 Å². The molecule has 0 aliphatic rings. The molecule has 21 heavy (non-hydrogen) atoms. The minimum atomic E-state index is 0.651. The van der Waals surface area contributed by atoms with Gasteiger partial charge in [-0.05, 0) is 23.8 Å². The van der Waals surface area contributed by atoms with Crippen LogP contribution < -0.4 is 4.74 Å². The number of para-hydroxylation sites is 1. The van der Waals surface area contributed by atoms with Crippen LogP contribution >= 0.6 is 0 Å². The van der Waals surface area contributed by atoms with Gasteiger partial charge in [-0.2, -0.15) is 0 Å². The maximum atomic E-state index is 10.7. The van der Waals surface area contributed by atoms with E-state index in [9.17, 15) is 4.79 Å². The number of hydrogen-bond donors (Lipinski definition) is 0. The molecule has 0 unspecified atom stereocenters. The Bertz CT molecular complexity index is 737. The highest BCUT2D eigenvalue weighted by molar-refractivity contribution is 5.78. The molecule has 0 radical (unpaired) electrons. The van der Waals surface area contributed by atoms with Crippen LogP contribution in [0.15, 0.2) is 73.1 Å². The maximum Gasteiger partial charge on any atom is 0.153 e. The lowest BCUT2D eigenvalue weighted by Gasteiger charge is -2.10. The summed E-state index contributed by atoms with van der Waals surface area (Å²) < 4.78 is 5.89. The number of carbonyl (C=O) groups is 1. The van der Waals surface area contributed by atoms with Gasteiger partial charge in [0, 0.05) is 17.3 Å². The minimum absolute atomic E-state index is 0.651. The molecule has 2 aromatic carbocycles. The fourth-order valence-corrected chi connectivity index (χ4v) is 2.06. The zero-order valence-corrected chi connectivity index (χ0v) is 11.3. The van der Waals surface area contributed by atoms with E-state index >= 15 is 0 Å². The molecule has 0 spiro atoms. The quantitative estimate of drug-likeness (QED) is 0.664. The van der Waals surface area contributed by atoms with Gasteiger partial charge in [-0.1, -0.05) is 42.5 Å². The highest BCUT2D eigenvalue weighted by Crippen LogP contribution is 2.32. The lowest BCUT2D eigenvalue weighted by Crippen LogP contribution is -1.89. The van der Waals surface area contributed by atoms with Gasteiger partial charge in [0.15, 0.2) is 5.75 Å². The van der Waals surface area contributed by atoms with Crippen LogP contribution in [-0.2, 0) is 0 Å². The van der Waals surface area contributed by atoms with Crippen molar-refractivity contribution in [3.05, 3.63) is 78.6 Å². The van der Waals surface area contributed by atoms with E-state index < -0.39 is 0 Å². The smallest absolute Gasteiger partial charge is 0.153 e. The molecule has 0 amide bonds. The Morgan fingerprint density at radius 1 is 0.905 bits per heavy atom. The fourth-order valence-electron chi connectivity index (χ4n) is 2.06. The summed E-state index contributed by atoms with van der Waals surface area (Å²) in [4.78, 5) is 14.8. The number of aromatic nitrogens is 1. The first-order valence-electron chi connectivity index (χ1n) is 6.59. The molecule has 1 aromatic heterocycles. The zero-order chi connectivity index (χ0) is 14.5. The molecule has 102 valence electrons. The number of hydrogen-bond acceptors (Lipinski definition) is 3. The predicted molar refractivity (Wildman–Crippen MR) is 81.6 cm³/mol. The number of aldehydes is 1. The van der Waals surface area contributed by atoms with Crippen molar-refractivity contribution >= 4 is 6.29 Å². The molecular weight excluding hydrogens is 262 g/mol. The van der Waals surface area contributed by atoms with Crippen molar-refractivity contribution < 1.29 is 9.53 Å². The lowest BCUT2D eigenvalue weighted by atomic mass is 10.0. The van der Waals surface area contributed by atoms with Crippen LogP contribution in [0.25, 0.3) is 11.1 Å². The van der Waals surface area contributed by atoms with Crippen LogP contribution in [0.2, 0.25) is 0 Å². The normalized spacial score (nSPS) is 10.1. The number of carbonyl (C=O) groups excluding carboxylic acids is 1. The monoisotopic (exact) mass is 275 g/mol. The molecule has 0 saturated carbocycles. The number of benzene rings is 2. The van der Waals surface area contributed by atoms with Gasteiger partial charge in [0.05, 0.1) is 6.20 Å². The molecule has 3 rings (SSSR count). The standard InChI is InChI=1S/C18H13NO2/c20-13-14-6-8-15(9-7-14)17-10-11-19-12-18(17)21-16-4-2-1-3-5-16/h1-13H. The average Bonchev–Trinajstić information content (AvgIpc) is 2.56. The molecule has 3 nitrogen and oxygen atoms in total. The van der Waals surface area contributed by atoms with Gasteiger partial charge in [0.1, 0.15) is 12.0 Å². The van der Waals surface area contributed by atoms with Gasteiger partial charge in [0.2, 0.25) is 0 Å². The van der Waals surface area contributed by atoms with Crippen LogP contribution in [0.4, 0.5) is 0 Å². The van der Waals surface area contributed by atoms with E-state index in [1.54, 1.807) is 24.5 Å². The van der Waals surface area contributed by atoms with Crippen LogP contribution in [0.5, 0.6) is 11.5 Å². The number of nitrogens with zero attached hydrogens (tertiary/aromatic N) is 1. The second-order valence-electron chi connectivity index (χ2n) is 4.53. The van der Waals surface area contributed by atoms with Crippen LogP contribution in [0.1, 0.15) is 10.4 Å². The number of rotatable bonds is 4. The number of ether oxygens (including phenoxy) is 1. The van der Waals surface area contributed by atoms with E-state index in [-0.39, 0.29) is 0 Å². The molecule has 3 aromatic rings. The van der Waals surface area contributed by atoms with Crippen molar-refractivity contribution in [1.82, 2.24) is 4.98 Å². The third-order valence-electron chi connectivity index (χ3n) is 3.11. The molecule has 0 aliphatic heterocycles. The predicted octanol–water partition coefficient (Wildman–Crippen LogP) is 4.35. The summed E-state index contributed by atoms with van der Waals surface area (Å²) in [6, 6.07) is 18.8. The van der Waals surface area contributed by atoms with Gasteiger partial charge >= 0.3 is 0 Å². The number of pyridine rings is 1. The summed E-state index contributed by atoms with van der Waals surface area (Å²) in [5.41, 5.74) is 2.57. The van der Waals surface area contributed by atoms with Crippen molar-refractivity contribution in [1.29, 1.82) is 0 Å². The van der Waals surface area contributed by atoms with E-state index in [0.717, 1.165) is 23.2 Å². The summed E-state index contributed by atoms with van der Waals surface area (Å²) >= 11 is 0. The third-order valence-corrected chi connectivity index (χ3v) is 3.11. The molecular formula is C18H13NO2. The highest BCUT2D eigenvalue weighted by Gasteiger charge is 2.07. The summed E-state index contributed by atoms with van der Waals surface area (Å²) in [6.07, 6.45) is 4.24. The van der Waals surface area contributed by atoms with Gasteiger partial charge in [-0.15, -0.1) is 0 Å². The Hall–Kier alpha value is -2.94. The molecule has 0 bridgehead atoms. The van der Waals surface area contributed by atoms with Gasteiger partial charge < -0.3 is 4.74 Å². The van der Waals surface area contributed by atoms with Crippen LogP contribution in [-0.4, -0.2) is 11.3 Å². The Kier molecular flexibility index (Phi) is 3.74. The van der Waals surface area contributed by atoms with Crippen LogP contribution in [0, 0.1) is 0 Å². The van der Waals surface area contributed by atoms with Gasteiger partial charge in [-0.3, -0.25) is 9.78 Å². The molecule has 1 heterocycles. The largest absolute Gasteiger partial charge is 0.455 e. The summed E-state index contributed by atoms with van der Waals surface area (Å²) in [5, 5.41) is 0. The first-order valence-corrected chi connectivity index (χ1v) is 6.59. The zero-order valence-electron chi connectivity index (χ0n) is 11.3. The second-order valence-corrected chi connectivity index (χ2v) is 4.53. The van der Waals surface area contributed by atoms with Gasteiger partial charge in [-0.25, -0.2) is 0 Å². The Morgan fingerprint density at radius 3 is 2.38 bits per heavy atom. The molecule has 0 fully saturated rings. The summed E-state index contributed by atoms with van der Waals surface area (Å²) in [5.74, 6) is 1.44.